The predicted octanol–water partition coefficient (Wildman–Crippen LogP) is 0.306. The molecule has 4 heteroatoms. The molecule has 1 unspecified atom stereocenters. The summed E-state index contributed by atoms with van der Waals surface area (Å²) in [5.74, 6) is 0. The maximum Gasteiger partial charge on any atom is 0.408 e. The molecule has 1 saturated heterocycles. The molecule has 1 aliphatic heterocycles. The molecule has 1 amide bonds. The molecular weight excluding hydrogens is 132 g/mol. The number of nitrogens with zero attached hydrogens (tertiary/aromatic N) is 1. The molecule has 0 bridgehead atoms. The molecule has 0 aromatic rings. The Morgan fingerprint density at radius 1 is 1.80 bits per heavy atom. The van der Waals surface area contributed by atoms with Crippen molar-refractivity contribution in [3.63, 3.8) is 0 Å². The minimum absolute atomic E-state index is 0.0394. The first-order valence-corrected chi connectivity index (χ1v) is 3.41. The van der Waals surface area contributed by atoms with Gasteiger partial charge >= 0.3 is 6.09 Å². The average molecular weight is 144 g/mol. The number of rotatable bonds is 1. The molecule has 0 aliphatic carbocycles. The molecule has 0 spiro atoms. The van der Waals surface area contributed by atoms with Crippen molar-refractivity contribution in [2.24, 2.45) is 0 Å². The number of hydrogen-bond donors (Lipinski definition) is 2. The lowest BCUT2D eigenvalue weighted by Gasteiger charge is -2.20. The summed E-state index contributed by atoms with van der Waals surface area (Å²) < 4.78 is 0. The van der Waals surface area contributed by atoms with Gasteiger partial charge in [-0.15, -0.1) is 0 Å². The fourth-order valence-corrected chi connectivity index (χ4v) is 1.13. The van der Waals surface area contributed by atoms with Gasteiger partial charge in [-0.1, -0.05) is 0 Å². The summed E-state index contributed by atoms with van der Waals surface area (Å²) in [6.45, 7) is 0.933. The minimum atomic E-state index is -0.862. The molecule has 0 aromatic heterocycles. The Kier molecular flexibility index (Phi) is 2.11. The quantitative estimate of drug-likeness (QED) is 0.556. The molecule has 0 radical (unpaired) electrons. The minimum Gasteiger partial charge on any atom is -0.465 e. The van der Waals surface area contributed by atoms with Crippen molar-refractivity contribution in [3.8, 4) is 0 Å². The standard InChI is InChI=1S/C6H12N2O2/c1-8(6(9)10)5-3-2-4-7-5/h5,7H,2-4H2,1H3,(H,9,10). The van der Waals surface area contributed by atoms with Crippen molar-refractivity contribution in [2.75, 3.05) is 13.6 Å². The Hall–Kier alpha value is -0.770. The molecule has 1 rings (SSSR count). The van der Waals surface area contributed by atoms with Crippen molar-refractivity contribution in [2.45, 2.75) is 19.0 Å². The predicted molar refractivity (Wildman–Crippen MR) is 36.8 cm³/mol. The summed E-state index contributed by atoms with van der Waals surface area (Å²) in [6.07, 6.45) is 1.18. The number of hydrogen-bond acceptors (Lipinski definition) is 2. The Morgan fingerprint density at radius 3 is 2.90 bits per heavy atom. The van der Waals surface area contributed by atoms with E-state index in [4.69, 9.17) is 5.11 Å². The van der Waals surface area contributed by atoms with Gasteiger partial charge in [0, 0.05) is 7.05 Å². The fourth-order valence-electron chi connectivity index (χ4n) is 1.13. The van der Waals surface area contributed by atoms with Crippen LogP contribution >= 0.6 is 0 Å². The highest BCUT2D eigenvalue weighted by molar-refractivity contribution is 5.64. The van der Waals surface area contributed by atoms with Crippen molar-refractivity contribution >= 4 is 6.09 Å². The molecule has 4 nitrogen and oxygen atoms in total. The zero-order chi connectivity index (χ0) is 7.56. The third-order valence-electron chi connectivity index (χ3n) is 1.80. The van der Waals surface area contributed by atoms with Crippen LogP contribution in [0.5, 0.6) is 0 Å². The molecular formula is C6H12N2O2. The summed E-state index contributed by atoms with van der Waals surface area (Å²) >= 11 is 0. The van der Waals surface area contributed by atoms with E-state index in [0.717, 1.165) is 19.4 Å². The van der Waals surface area contributed by atoms with Gasteiger partial charge in [-0.25, -0.2) is 4.79 Å². The fraction of sp³-hybridized carbons (Fsp3) is 0.833. The monoisotopic (exact) mass is 144 g/mol. The van der Waals surface area contributed by atoms with Gasteiger partial charge in [0.25, 0.3) is 0 Å². The second-order valence-corrected chi connectivity index (χ2v) is 2.51. The van der Waals surface area contributed by atoms with Crippen LogP contribution in [0.25, 0.3) is 0 Å². The van der Waals surface area contributed by atoms with Crippen molar-refractivity contribution < 1.29 is 9.90 Å². The first kappa shape index (κ1) is 7.34. The van der Waals surface area contributed by atoms with Crippen molar-refractivity contribution in [1.29, 1.82) is 0 Å². The van der Waals surface area contributed by atoms with Gasteiger partial charge in [0.2, 0.25) is 0 Å². The normalized spacial score (nSPS) is 24.7. The van der Waals surface area contributed by atoms with Gasteiger partial charge in [0.05, 0.1) is 6.17 Å². The Morgan fingerprint density at radius 2 is 2.50 bits per heavy atom. The zero-order valence-electron chi connectivity index (χ0n) is 6.00. The lowest BCUT2D eigenvalue weighted by Crippen LogP contribution is -2.42. The van der Waals surface area contributed by atoms with Crippen molar-refractivity contribution in [3.05, 3.63) is 0 Å². The van der Waals surface area contributed by atoms with E-state index in [2.05, 4.69) is 5.32 Å². The average Bonchev–Trinajstić information content (AvgIpc) is 2.36. The SMILES string of the molecule is CN(C(=O)O)C1CCCN1. The number of carbonyl (C=O) groups is 1. The number of nitrogens with one attached hydrogen (secondary N) is 1. The van der Waals surface area contributed by atoms with E-state index in [9.17, 15) is 4.79 Å². The van der Waals surface area contributed by atoms with Gasteiger partial charge in [-0.2, -0.15) is 0 Å². The number of amides is 1. The maximum absolute atomic E-state index is 10.4. The van der Waals surface area contributed by atoms with Crippen LogP contribution in [-0.2, 0) is 0 Å². The molecule has 2 N–H and O–H groups in total. The Balaban J connectivity index is 2.39. The molecule has 1 aliphatic rings. The summed E-state index contributed by atoms with van der Waals surface area (Å²) in [5, 5.41) is 11.6. The zero-order valence-corrected chi connectivity index (χ0v) is 6.00. The van der Waals surface area contributed by atoms with Gasteiger partial charge < -0.3 is 5.11 Å². The number of carboxylic acid groups (broad SMARTS) is 1. The second-order valence-electron chi connectivity index (χ2n) is 2.51. The topological polar surface area (TPSA) is 52.6 Å². The van der Waals surface area contributed by atoms with Crippen LogP contribution in [-0.4, -0.2) is 35.9 Å². The van der Waals surface area contributed by atoms with E-state index in [1.807, 2.05) is 0 Å². The summed E-state index contributed by atoms with van der Waals surface area (Å²) in [6, 6.07) is 0. The van der Waals surface area contributed by atoms with E-state index in [-0.39, 0.29) is 6.17 Å². The molecule has 58 valence electrons. The summed E-state index contributed by atoms with van der Waals surface area (Å²) in [4.78, 5) is 11.7. The van der Waals surface area contributed by atoms with E-state index >= 15 is 0 Å². The first-order valence-electron chi connectivity index (χ1n) is 3.41. The first-order chi connectivity index (χ1) is 4.72. The molecule has 1 atom stereocenters. The van der Waals surface area contributed by atoms with Gasteiger partial charge in [0.1, 0.15) is 0 Å². The van der Waals surface area contributed by atoms with E-state index in [1.54, 1.807) is 7.05 Å². The van der Waals surface area contributed by atoms with Crippen LogP contribution < -0.4 is 5.32 Å². The third kappa shape index (κ3) is 1.39. The lowest BCUT2D eigenvalue weighted by atomic mass is 10.3. The van der Waals surface area contributed by atoms with Crippen LogP contribution in [0, 0.1) is 0 Å². The van der Waals surface area contributed by atoms with Gasteiger partial charge in [-0.05, 0) is 19.4 Å². The van der Waals surface area contributed by atoms with Crippen LogP contribution in [0.15, 0.2) is 0 Å². The van der Waals surface area contributed by atoms with Crippen LogP contribution in [0.3, 0.4) is 0 Å². The summed E-state index contributed by atoms with van der Waals surface area (Å²) in [7, 11) is 1.59. The molecule has 0 saturated carbocycles. The van der Waals surface area contributed by atoms with Gasteiger partial charge in [0.15, 0.2) is 0 Å². The molecule has 10 heavy (non-hydrogen) atoms. The van der Waals surface area contributed by atoms with Crippen LogP contribution in [0.1, 0.15) is 12.8 Å². The summed E-state index contributed by atoms with van der Waals surface area (Å²) in [5.41, 5.74) is 0. The van der Waals surface area contributed by atoms with Crippen molar-refractivity contribution in [1.82, 2.24) is 10.2 Å². The van der Waals surface area contributed by atoms with Gasteiger partial charge in [-0.3, -0.25) is 10.2 Å². The third-order valence-corrected chi connectivity index (χ3v) is 1.80. The highest BCUT2D eigenvalue weighted by Crippen LogP contribution is 2.07. The van der Waals surface area contributed by atoms with E-state index in [0.29, 0.717) is 0 Å². The van der Waals surface area contributed by atoms with Crippen LogP contribution in [0.2, 0.25) is 0 Å². The Labute approximate surface area is 59.8 Å². The second kappa shape index (κ2) is 2.88. The molecule has 1 heterocycles. The largest absolute Gasteiger partial charge is 0.465 e. The van der Waals surface area contributed by atoms with E-state index < -0.39 is 6.09 Å². The molecule has 1 fully saturated rings. The molecule has 0 aromatic carbocycles. The Bertz CT molecular complexity index is 132. The smallest absolute Gasteiger partial charge is 0.408 e. The van der Waals surface area contributed by atoms with Crippen LogP contribution in [0.4, 0.5) is 4.79 Å². The highest BCUT2D eigenvalue weighted by Gasteiger charge is 2.21. The maximum atomic E-state index is 10.4. The highest BCUT2D eigenvalue weighted by atomic mass is 16.4. The van der Waals surface area contributed by atoms with E-state index in [1.165, 1.54) is 4.90 Å². The lowest BCUT2D eigenvalue weighted by molar-refractivity contribution is 0.134.